The lowest BCUT2D eigenvalue weighted by Gasteiger charge is -3.10. The molecular weight excluding hydrogens is 340 g/mol. The van der Waals surface area contributed by atoms with Crippen LogP contribution in [0.25, 0.3) is 0 Å². The van der Waals surface area contributed by atoms with Crippen LogP contribution in [-0.4, -0.2) is 19.2 Å². The fraction of sp³-hybridized carbons (Fsp3) is 1.00. The summed E-state index contributed by atoms with van der Waals surface area (Å²) in [4.78, 5) is 0. The average Bonchev–Trinajstić information content (AvgIpc) is 2.41. The molecule has 118 valence electrons. The molecule has 1 nitrogen and oxygen atoms in total. The van der Waals surface area contributed by atoms with Crippen LogP contribution in [0.3, 0.4) is 0 Å². The van der Waals surface area contributed by atoms with Gasteiger partial charge in [0.15, 0.2) is 8.32 Å². The SMILES string of the molecule is CC(C)[Si](OCC12C3C4C1C1C2C3C41Br)(C(C)C)C(C)C. The number of halogens is 1. The molecule has 6 saturated carbocycles. The second-order valence-corrected chi connectivity index (χ2v) is 16.5. The normalized spacial score (nSPS) is 57.4. The predicted octanol–water partition coefficient (Wildman–Crippen LogP) is 5.06. The quantitative estimate of drug-likeness (QED) is 0.470. The topological polar surface area (TPSA) is 9.23 Å². The van der Waals surface area contributed by atoms with E-state index in [1.807, 2.05) is 0 Å². The highest BCUT2D eigenvalue weighted by molar-refractivity contribution is 9.10. The van der Waals surface area contributed by atoms with E-state index in [9.17, 15) is 0 Å². The Labute approximate surface area is 138 Å². The summed E-state index contributed by atoms with van der Waals surface area (Å²) in [6, 6.07) is 0. The van der Waals surface area contributed by atoms with E-state index in [-0.39, 0.29) is 0 Å². The number of rotatable bonds is 6. The summed E-state index contributed by atoms with van der Waals surface area (Å²) in [5.41, 5.74) is 2.87. The molecule has 0 heterocycles. The van der Waals surface area contributed by atoms with Crippen molar-refractivity contribution in [1.29, 1.82) is 0 Å². The van der Waals surface area contributed by atoms with Crippen molar-refractivity contribution in [3.63, 3.8) is 0 Å². The van der Waals surface area contributed by atoms with Gasteiger partial charge in [-0.05, 0) is 52.1 Å². The van der Waals surface area contributed by atoms with Gasteiger partial charge in [0.05, 0.1) is 0 Å². The Morgan fingerprint density at radius 3 is 1.52 bits per heavy atom. The van der Waals surface area contributed by atoms with Crippen LogP contribution >= 0.6 is 15.9 Å². The summed E-state index contributed by atoms with van der Waals surface area (Å²) in [6.07, 6.45) is 0. The molecule has 0 radical (unpaired) electrons. The zero-order chi connectivity index (χ0) is 15.1. The minimum absolute atomic E-state index is 0.664. The molecule has 6 rings (SSSR count). The van der Waals surface area contributed by atoms with Gasteiger partial charge in [-0.3, -0.25) is 0 Å². The smallest absolute Gasteiger partial charge is 0.200 e. The van der Waals surface area contributed by atoms with Gasteiger partial charge in [0.2, 0.25) is 0 Å². The van der Waals surface area contributed by atoms with Crippen LogP contribution in [0.4, 0.5) is 0 Å². The first-order valence-electron chi connectivity index (χ1n) is 9.10. The molecule has 0 aromatic carbocycles. The van der Waals surface area contributed by atoms with E-state index in [2.05, 4.69) is 57.5 Å². The maximum atomic E-state index is 6.98. The van der Waals surface area contributed by atoms with Gasteiger partial charge in [-0.15, -0.1) is 0 Å². The number of hydrogen-bond acceptors (Lipinski definition) is 1. The van der Waals surface area contributed by atoms with Gasteiger partial charge in [-0.2, -0.15) is 0 Å². The maximum Gasteiger partial charge on any atom is 0.200 e. The van der Waals surface area contributed by atoms with Gasteiger partial charge < -0.3 is 4.43 Å². The Bertz CT molecular complexity index is 450. The van der Waals surface area contributed by atoms with E-state index >= 15 is 0 Å². The summed E-state index contributed by atoms with van der Waals surface area (Å²) in [7, 11) is -1.65. The zero-order valence-electron chi connectivity index (χ0n) is 14.2. The predicted molar refractivity (Wildman–Crippen MR) is 92.0 cm³/mol. The lowest BCUT2D eigenvalue weighted by atomic mass is 8.96. The first-order valence-corrected chi connectivity index (χ1v) is 12.0. The Morgan fingerprint density at radius 1 is 0.810 bits per heavy atom. The zero-order valence-corrected chi connectivity index (χ0v) is 16.8. The number of hydrogen-bond donors (Lipinski definition) is 0. The first-order chi connectivity index (χ1) is 9.77. The van der Waals surface area contributed by atoms with Crippen molar-refractivity contribution in [2.75, 3.05) is 6.61 Å². The van der Waals surface area contributed by atoms with Crippen LogP contribution < -0.4 is 0 Å². The molecule has 0 spiro atoms. The molecule has 0 saturated heterocycles. The maximum absolute atomic E-state index is 6.98. The molecule has 6 aliphatic carbocycles. The van der Waals surface area contributed by atoms with Crippen molar-refractivity contribution in [3.8, 4) is 0 Å². The fourth-order valence-corrected chi connectivity index (χ4v) is 15.9. The van der Waals surface area contributed by atoms with E-state index in [1.54, 1.807) is 0 Å². The second kappa shape index (κ2) is 3.51. The summed E-state index contributed by atoms with van der Waals surface area (Å²) in [5.74, 6) is 6.39. The number of alkyl halides is 1. The van der Waals surface area contributed by atoms with Gasteiger partial charge in [0, 0.05) is 16.3 Å². The highest BCUT2D eigenvalue weighted by Crippen LogP contribution is 3.08. The van der Waals surface area contributed by atoms with Gasteiger partial charge in [0.1, 0.15) is 0 Å². The Kier molecular flexibility index (Phi) is 2.35. The van der Waals surface area contributed by atoms with Crippen LogP contribution in [0.15, 0.2) is 0 Å². The van der Waals surface area contributed by atoms with Crippen molar-refractivity contribution in [2.45, 2.75) is 62.5 Å². The van der Waals surface area contributed by atoms with Crippen LogP contribution in [0.1, 0.15) is 41.5 Å². The van der Waals surface area contributed by atoms with Crippen LogP contribution in [0.2, 0.25) is 16.6 Å². The summed E-state index contributed by atoms with van der Waals surface area (Å²) >= 11 is 4.07. The van der Waals surface area contributed by atoms with Crippen LogP contribution in [0, 0.1) is 40.9 Å². The molecular formula is C18H29BrOSi. The molecule has 6 fully saturated rings. The molecule has 0 atom stereocenters. The van der Waals surface area contributed by atoms with Crippen molar-refractivity contribution < 1.29 is 4.43 Å². The highest BCUT2D eigenvalue weighted by atomic mass is 79.9. The molecule has 21 heavy (non-hydrogen) atoms. The summed E-state index contributed by atoms with van der Waals surface area (Å²) in [6.45, 7) is 15.6. The molecule has 0 aromatic heterocycles. The standard InChI is InChI=1S/C18H29BrOSi/c1-8(2)21(9(3)4,10(5)6)20-7-17-11-14-12(17)16-13(17)15(11)18(14,16)19/h8-16H,7H2,1-6H3. The Morgan fingerprint density at radius 2 is 1.19 bits per heavy atom. The van der Waals surface area contributed by atoms with Crippen molar-refractivity contribution >= 4 is 24.2 Å². The average molecular weight is 369 g/mol. The van der Waals surface area contributed by atoms with Crippen molar-refractivity contribution in [1.82, 2.24) is 0 Å². The minimum atomic E-state index is -1.65. The lowest BCUT2D eigenvalue weighted by molar-refractivity contribution is -0.597. The minimum Gasteiger partial charge on any atom is -0.415 e. The molecule has 3 heteroatoms. The van der Waals surface area contributed by atoms with E-state index in [0.717, 1.165) is 58.7 Å². The lowest BCUT2D eigenvalue weighted by Crippen LogP contribution is -3.11. The van der Waals surface area contributed by atoms with Crippen LogP contribution in [0.5, 0.6) is 0 Å². The molecule has 0 amide bonds. The van der Waals surface area contributed by atoms with Crippen LogP contribution in [-0.2, 0) is 4.43 Å². The Hall–Kier alpha value is 0.657. The third kappa shape index (κ3) is 0.980. The van der Waals surface area contributed by atoms with Crippen molar-refractivity contribution in [2.24, 2.45) is 40.9 Å². The Balaban J connectivity index is 1.35. The van der Waals surface area contributed by atoms with E-state index in [1.165, 1.54) is 0 Å². The van der Waals surface area contributed by atoms with Gasteiger partial charge in [0.25, 0.3) is 0 Å². The summed E-state index contributed by atoms with van der Waals surface area (Å²) < 4.78 is 7.64. The fourth-order valence-electron chi connectivity index (χ4n) is 8.66. The largest absolute Gasteiger partial charge is 0.415 e. The second-order valence-electron chi connectivity index (χ2n) is 9.70. The monoisotopic (exact) mass is 368 g/mol. The van der Waals surface area contributed by atoms with E-state index < -0.39 is 8.32 Å². The summed E-state index contributed by atoms with van der Waals surface area (Å²) in [5, 5.41) is 0. The third-order valence-electron chi connectivity index (χ3n) is 9.00. The van der Waals surface area contributed by atoms with Crippen molar-refractivity contribution in [3.05, 3.63) is 0 Å². The molecule has 6 aliphatic rings. The van der Waals surface area contributed by atoms with E-state index in [4.69, 9.17) is 4.43 Å². The highest BCUT2D eigenvalue weighted by Gasteiger charge is 3.09. The van der Waals surface area contributed by atoms with Gasteiger partial charge in [-0.1, -0.05) is 57.5 Å². The molecule has 0 N–H and O–H groups in total. The third-order valence-corrected chi connectivity index (χ3v) is 16.6. The molecule has 0 bridgehead atoms. The molecule has 0 aliphatic heterocycles. The van der Waals surface area contributed by atoms with Gasteiger partial charge >= 0.3 is 0 Å². The molecule has 0 unspecified atom stereocenters. The first kappa shape index (κ1) is 14.0. The van der Waals surface area contributed by atoms with Gasteiger partial charge in [-0.25, -0.2) is 0 Å². The molecule has 0 aromatic rings. The van der Waals surface area contributed by atoms with E-state index in [0.29, 0.717) is 9.74 Å².